The molecule has 2 heterocycles. The average molecular weight is 454 g/mol. The minimum atomic E-state index is -0.892. The van der Waals surface area contributed by atoms with E-state index in [-0.39, 0.29) is 40.4 Å². The van der Waals surface area contributed by atoms with Gasteiger partial charge in [-0.15, -0.1) is 0 Å². The Labute approximate surface area is 187 Å². The highest BCUT2D eigenvalue weighted by atomic mass is 32.1. The topological polar surface area (TPSA) is 127 Å². The van der Waals surface area contributed by atoms with E-state index in [9.17, 15) is 24.0 Å². The summed E-state index contributed by atoms with van der Waals surface area (Å²) in [6.07, 6.45) is 0. The van der Waals surface area contributed by atoms with Crippen LogP contribution in [0.5, 0.6) is 0 Å². The molecular formula is C21H19FN6O3S. The van der Waals surface area contributed by atoms with E-state index in [1.165, 1.54) is 31.1 Å². The highest BCUT2D eigenvalue weighted by molar-refractivity contribution is 7.78. The summed E-state index contributed by atoms with van der Waals surface area (Å²) in [6, 6.07) is 8.93. The number of rotatable bonds is 5. The molecule has 0 aliphatic carbocycles. The molecule has 9 nitrogen and oxygen atoms in total. The SMILES string of the molecule is Cc1cc(C#N)cc(C(=O)c2c(N(C)C)c(=O)n(S)c(=O)n2Cc2cc(N)nc(F)c2)c1. The largest absolute Gasteiger partial charge is 0.384 e. The summed E-state index contributed by atoms with van der Waals surface area (Å²) in [4.78, 5) is 44.2. The Hall–Kier alpha value is -3.91. The van der Waals surface area contributed by atoms with Crippen LogP contribution in [-0.2, 0) is 6.54 Å². The van der Waals surface area contributed by atoms with Crippen molar-refractivity contribution in [1.82, 2.24) is 13.5 Å². The van der Waals surface area contributed by atoms with Crippen LogP contribution in [0.25, 0.3) is 0 Å². The second kappa shape index (κ2) is 8.68. The van der Waals surface area contributed by atoms with Gasteiger partial charge in [0.1, 0.15) is 17.2 Å². The van der Waals surface area contributed by atoms with Crippen LogP contribution in [-0.4, -0.2) is 33.4 Å². The first-order valence-electron chi connectivity index (χ1n) is 9.28. The number of hydrogen-bond acceptors (Lipinski definition) is 8. The Morgan fingerprint density at radius 2 is 1.94 bits per heavy atom. The number of nitrogen functional groups attached to an aromatic ring is 1. The molecule has 0 aliphatic rings. The molecule has 0 aliphatic heterocycles. The lowest BCUT2D eigenvalue weighted by molar-refractivity contribution is 0.102. The van der Waals surface area contributed by atoms with Crippen molar-refractivity contribution in [2.75, 3.05) is 24.7 Å². The van der Waals surface area contributed by atoms with Crippen LogP contribution in [0.1, 0.15) is 32.7 Å². The van der Waals surface area contributed by atoms with E-state index < -0.39 is 23.0 Å². The van der Waals surface area contributed by atoms with Crippen molar-refractivity contribution in [2.24, 2.45) is 0 Å². The van der Waals surface area contributed by atoms with Crippen LogP contribution in [0, 0.1) is 24.2 Å². The van der Waals surface area contributed by atoms with E-state index in [1.54, 1.807) is 19.1 Å². The summed E-state index contributed by atoms with van der Waals surface area (Å²) in [5, 5.41) is 9.27. The number of halogens is 1. The van der Waals surface area contributed by atoms with Crippen molar-refractivity contribution in [2.45, 2.75) is 13.5 Å². The number of benzene rings is 1. The molecule has 0 unspecified atom stereocenters. The molecule has 0 bridgehead atoms. The molecule has 2 aromatic heterocycles. The molecule has 0 amide bonds. The summed E-state index contributed by atoms with van der Waals surface area (Å²) >= 11 is 3.98. The zero-order chi connectivity index (χ0) is 23.7. The summed E-state index contributed by atoms with van der Waals surface area (Å²) in [7, 11) is 3.08. The van der Waals surface area contributed by atoms with Gasteiger partial charge in [-0.05, 0) is 48.4 Å². The second-order valence-electron chi connectivity index (χ2n) is 7.33. The normalized spacial score (nSPS) is 10.6. The van der Waals surface area contributed by atoms with Gasteiger partial charge >= 0.3 is 5.69 Å². The summed E-state index contributed by atoms with van der Waals surface area (Å²) in [6.45, 7) is 1.44. The quantitative estimate of drug-likeness (QED) is 0.338. The van der Waals surface area contributed by atoms with Gasteiger partial charge in [-0.3, -0.25) is 14.2 Å². The molecule has 11 heteroatoms. The average Bonchev–Trinajstić information content (AvgIpc) is 2.71. The lowest BCUT2D eigenvalue weighted by Crippen LogP contribution is -2.42. The molecule has 3 rings (SSSR count). The number of nitrogens with zero attached hydrogens (tertiary/aromatic N) is 5. The molecule has 0 atom stereocenters. The Kier molecular flexibility index (Phi) is 6.18. The van der Waals surface area contributed by atoms with Crippen LogP contribution in [0.15, 0.2) is 39.9 Å². The van der Waals surface area contributed by atoms with Gasteiger partial charge < -0.3 is 10.6 Å². The van der Waals surface area contributed by atoms with Crippen LogP contribution in [0.4, 0.5) is 15.9 Å². The number of carbonyl (C=O) groups is 1. The maximum absolute atomic E-state index is 13.8. The van der Waals surface area contributed by atoms with Crippen LogP contribution < -0.4 is 21.9 Å². The van der Waals surface area contributed by atoms with Gasteiger partial charge in [-0.2, -0.15) is 9.65 Å². The van der Waals surface area contributed by atoms with E-state index in [1.807, 2.05) is 6.07 Å². The number of aromatic nitrogens is 3. The number of aryl methyl sites for hydroxylation is 1. The van der Waals surface area contributed by atoms with Crippen molar-refractivity contribution in [3.63, 3.8) is 0 Å². The van der Waals surface area contributed by atoms with Crippen molar-refractivity contribution in [3.8, 4) is 6.07 Å². The standard InChI is InChI=1S/C21H19FN6O3S/c1-11-4-12(9-23)6-14(5-11)19(29)17-18(26(2)3)20(30)28(32)21(31)27(17)10-13-7-15(22)25-16(24)8-13/h4-8,32H,10H2,1-3H3,(H2,24,25). The molecule has 32 heavy (non-hydrogen) atoms. The molecule has 164 valence electrons. The van der Waals surface area contributed by atoms with E-state index in [4.69, 9.17) is 5.73 Å². The van der Waals surface area contributed by atoms with E-state index in [0.29, 0.717) is 9.54 Å². The first kappa shape index (κ1) is 22.8. The molecule has 0 saturated heterocycles. The number of ketones is 1. The van der Waals surface area contributed by atoms with E-state index in [2.05, 4.69) is 17.8 Å². The zero-order valence-electron chi connectivity index (χ0n) is 17.5. The van der Waals surface area contributed by atoms with Crippen LogP contribution in [0.2, 0.25) is 0 Å². The smallest absolute Gasteiger partial charge is 0.342 e. The monoisotopic (exact) mass is 454 g/mol. The molecular weight excluding hydrogens is 435 g/mol. The predicted octanol–water partition coefficient (Wildman–Crippen LogP) is 1.34. The lowest BCUT2D eigenvalue weighted by Gasteiger charge is -2.21. The second-order valence-corrected chi connectivity index (χ2v) is 7.73. The van der Waals surface area contributed by atoms with Gasteiger partial charge in [-0.1, -0.05) is 12.8 Å². The number of pyridine rings is 1. The van der Waals surface area contributed by atoms with Crippen LogP contribution >= 0.6 is 12.8 Å². The first-order valence-corrected chi connectivity index (χ1v) is 9.68. The van der Waals surface area contributed by atoms with E-state index >= 15 is 0 Å². The highest BCUT2D eigenvalue weighted by Gasteiger charge is 2.26. The summed E-state index contributed by atoms with van der Waals surface area (Å²) in [5.74, 6) is -1.62. The number of carbonyl (C=O) groups excluding carboxylic acids is 1. The first-order chi connectivity index (χ1) is 15.0. The molecule has 0 saturated carbocycles. The lowest BCUT2D eigenvalue weighted by atomic mass is 10.0. The maximum atomic E-state index is 13.8. The predicted molar refractivity (Wildman–Crippen MR) is 121 cm³/mol. The molecule has 0 radical (unpaired) electrons. The van der Waals surface area contributed by atoms with Gasteiger partial charge in [0.25, 0.3) is 5.56 Å². The number of thiol groups is 1. The third-order valence-electron chi connectivity index (χ3n) is 4.65. The van der Waals surface area contributed by atoms with Gasteiger partial charge in [0.2, 0.25) is 11.7 Å². The third kappa shape index (κ3) is 4.26. The fourth-order valence-electron chi connectivity index (χ4n) is 3.37. The molecule has 1 aromatic carbocycles. The number of hydrogen-bond donors (Lipinski definition) is 2. The fraction of sp³-hybridized carbons (Fsp3) is 0.190. The number of anilines is 2. The van der Waals surface area contributed by atoms with Crippen molar-refractivity contribution >= 4 is 30.1 Å². The maximum Gasteiger partial charge on any atom is 0.342 e. The van der Waals surface area contributed by atoms with Gasteiger partial charge in [0.15, 0.2) is 0 Å². The molecule has 2 N–H and O–H groups in total. The van der Waals surface area contributed by atoms with E-state index in [0.717, 1.165) is 10.6 Å². The summed E-state index contributed by atoms with van der Waals surface area (Å²) in [5.41, 5.74) is 4.88. The fourth-order valence-corrected chi connectivity index (χ4v) is 3.57. The van der Waals surface area contributed by atoms with Gasteiger partial charge in [0, 0.05) is 19.7 Å². The number of nitrogens with two attached hydrogens (primary N) is 1. The van der Waals surface area contributed by atoms with Gasteiger partial charge in [0.05, 0.1) is 18.2 Å². The molecule has 0 fully saturated rings. The van der Waals surface area contributed by atoms with Gasteiger partial charge in [-0.25, -0.2) is 13.8 Å². The Bertz CT molecular complexity index is 1380. The van der Waals surface area contributed by atoms with Crippen molar-refractivity contribution < 1.29 is 9.18 Å². The zero-order valence-corrected chi connectivity index (χ0v) is 18.4. The van der Waals surface area contributed by atoms with Crippen LogP contribution in [0.3, 0.4) is 0 Å². The van der Waals surface area contributed by atoms with Crippen molar-refractivity contribution in [3.05, 3.63) is 85.1 Å². The number of nitriles is 1. The minimum Gasteiger partial charge on any atom is -0.384 e. The third-order valence-corrected chi connectivity index (χ3v) is 5.00. The Morgan fingerprint density at radius 3 is 2.53 bits per heavy atom. The Morgan fingerprint density at radius 1 is 1.25 bits per heavy atom. The minimum absolute atomic E-state index is 0.0906. The molecule has 0 spiro atoms. The highest BCUT2D eigenvalue weighted by Crippen LogP contribution is 2.21. The van der Waals surface area contributed by atoms with Crippen molar-refractivity contribution in [1.29, 1.82) is 5.26 Å². The Balaban J connectivity index is 2.36. The molecule has 3 aromatic rings. The summed E-state index contributed by atoms with van der Waals surface area (Å²) < 4.78 is 15.4.